The van der Waals surface area contributed by atoms with Gasteiger partial charge in [-0.05, 0) is 69.4 Å². The van der Waals surface area contributed by atoms with E-state index < -0.39 is 10.0 Å². The first kappa shape index (κ1) is 21.8. The van der Waals surface area contributed by atoms with Crippen LogP contribution < -0.4 is 0 Å². The normalized spacial score (nSPS) is 28.9. The predicted molar refractivity (Wildman–Crippen MR) is 119 cm³/mol. The molecule has 1 aromatic carbocycles. The van der Waals surface area contributed by atoms with Crippen LogP contribution in [0, 0.1) is 31.6 Å². The molecule has 166 valence electrons. The zero-order chi connectivity index (χ0) is 21.5. The largest absolute Gasteiger partial charge is 0.339 e. The van der Waals surface area contributed by atoms with E-state index in [1.165, 1.54) is 19.3 Å². The average Bonchev–Trinajstić information content (AvgIpc) is 2.73. The molecular weight excluding hydrogens is 396 g/mol. The van der Waals surface area contributed by atoms with E-state index in [9.17, 15) is 13.2 Å². The fourth-order valence-corrected chi connectivity index (χ4v) is 7.67. The molecule has 0 bridgehead atoms. The number of piperidine rings is 2. The first-order chi connectivity index (χ1) is 14.3. The van der Waals surface area contributed by atoms with Crippen LogP contribution in [0.15, 0.2) is 23.1 Å². The van der Waals surface area contributed by atoms with Crippen molar-refractivity contribution >= 4 is 15.9 Å². The number of fused-ring (bicyclic) bond motifs is 1. The van der Waals surface area contributed by atoms with E-state index in [1.807, 2.05) is 26.0 Å². The minimum Gasteiger partial charge on any atom is -0.339 e. The van der Waals surface area contributed by atoms with Gasteiger partial charge in [0.15, 0.2) is 0 Å². The zero-order valence-electron chi connectivity index (χ0n) is 18.6. The molecule has 2 heterocycles. The molecule has 0 aromatic heterocycles. The number of sulfonamides is 1. The van der Waals surface area contributed by atoms with Crippen molar-refractivity contribution in [3.05, 3.63) is 29.3 Å². The number of benzene rings is 1. The molecule has 6 heteroatoms. The van der Waals surface area contributed by atoms with E-state index in [1.54, 1.807) is 10.4 Å². The van der Waals surface area contributed by atoms with Gasteiger partial charge >= 0.3 is 0 Å². The Morgan fingerprint density at radius 2 is 1.67 bits per heavy atom. The van der Waals surface area contributed by atoms with Crippen molar-refractivity contribution in [3.63, 3.8) is 0 Å². The Kier molecular flexibility index (Phi) is 6.27. The molecule has 2 saturated heterocycles. The number of aryl methyl sites for hydroxylation is 2. The third-order valence-corrected chi connectivity index (χ3v) is 9.83. The van der Waals surface area contributed by atoms with E-state index in [2.05, 4.69) is 11.8 Å². The molecule has 3 unspecified atom stereocenters. The molecule has 3 aliphatic rings. The van der Waals surface area contributed by atoms with Gasteiger partial charge in [-0.15, -0.1) is 0 Å². The first-order valence-corrected chi connectivity index (χ1v) is 13.1. The maximum atomic E-state index is 13.4. The third-order valence-electron chi connectivity index (χ3n) is 7.77. The summed E-state index contributed by atoms with van der Waals surface area (Å²) in [7, 11) is -3.50. The molecule has 30 heavy (non-hydrogen) atoms. The smallest absolute Gasteiger partial charge is 0.243 e. The number of carbonyl (C=O) groups excluding carboxylic acids is 1. The lowest BCUT2D eigenvalue weighted by molar-refractivity contribution is -0.144. The minimum absolute atomic E-state index is 0.0356. The second-order valence-electron chi connectivity index (χ2n) is 9.76. The van der Waals surface area contributed by atoms with E-state index in [0.29, 0.717) is 48.7 Å². The zero-order valence-corrected chi connectivity index (χ0v) is 19.5. The number of amides is 1. The van der Waals surface area contributed by atoms with Crippen LogP contribution in [-0.4, -0.2) is 49.2 Å². The van der Waals surface area contributed by atoms with Crippen LogP contribution in [0.1, 0.15) is 63.0 Å². The summed E-state index contributed by atoms with van der Waals surface area (Å²) in [6.07, 6.45) is 7.28. The maximum absolute atomic E-state index is 13.4. The monoisotopic (exact) mass is 432 g/mol. The van der Waals surface area contributed by atoms with E-state index in [-0.39, 0.29) is 11.8 Å². The summed E-state index contributed by atoms with van der Waals surface area (Å²) in [5.41, 5.74) is 1.85. The SMILES string of the molecule is Cc1ccc(S(=O)(=O)N2CCC(C(=O)N3CCC(C)C4CCCCC43)CC2)c(C)c1. The molecule has 0 radical (unpaired) electrons. The quantitative estimate of drug-likeness (QED) is 0.722. The van der Waals surface area contributed by atoms with Gasteiger partial charge < -0.3 is 4.90 Å². The van der Waals surface area contributed by atoms with Gasteiger partial charge in [0.05, 0.1) is 4.90 Å². The molecule has 1 aliphatic carbocycles. The van der Waals surface area contributed by atoms with Gasteiger partial charge in [-0.1, -0.05) is 37.5 Å². The van der Waals surface area contributed by atoms with Crippen LogP contribution in [0.5, 0.6) is 0 Å². The molecular formula is C24H36N2O3S. The van der Waals surface area contributed by atoms with Crippen molar-refractivity contribution in [3.8, 4) is 0 Å². The Hall–Kier alpha value is -1.40. The molecule has 0 N–H and O–H groups in total. The topological polar surface area (TPSA) is 57.7 Å². The van der Waals surface area contributed by atoms with Crippen LogP contribution >= 0.6 is 0 Å². The standard InChI is InChI=1S/C24H36N2O3S/c1-17-8-9-23(19(3)16-17)30(28,29)25-13-11-20(12-14-25)24(27)26-15-10-18(2)21-6-4-5-7-22(21)26/h8-9,16,18,20-22H,4-7,10-15H2,1-3H3. The summed E-state index contributed by atoms with van der Waals surface area (Å²) in [6.45, 7) is 7.92. The van der Waals surface area contributed by atoms with E-state index in [4.69, 9.17) is 0 Å². The van der Waals surface area contributed by atoms with Gasteiger partial charge in [0.1, 0.15) is 0 Å². The summed E-state index contributed by atoms with van der Waals surface area (Å²) in [6, 6.07) is 5.90. The minimum atomic E-state index is -3.50. The number of hydrogen-bond donors (Lipinski definition) is 0. The Morgan fingerprint density at radius 3 is 2.37 bits per heavy atom. The fraction of sp³-hybridized carbons (Fsp3) is 0.708. The van der Waals surface area contributed by atoms with Crippen LogP contribution in [0.25, 0.3) is 0 Å². The second-order valence-corrected chi connectivity index (χ2v) is 11.7. The van der Waals surface area contributed by atoms with Gasteiger partial charge in [-0.2, -0.15) is 4.31 Å². The fourth-order valence-electron chi connectivity index (χ4n) is 5.99. The van der Waals surface area contributed by atoms with Gasteiger partial charge in [0.25, 0.3) is 0 Å². The summed E-state index contributed by atoms with van der Waals surface area (Å²) >= 11 is 0. The Balaban J connectivity index is 1.42. The third kappa shape index (κ3) is 4.05. The van der Waals surface area contributed by atoms with Crippen LogP contribution in [0.3, 0.4) is 0 Å². The molecule has 1 amide bonds. The predicted octanol–water partition coefficient (Wildman–Crippen LogP) is 4.13. The van der Waals surface area contributed by atoms with Crippen LogP contribution in [0.4, 0.5) is 0 Å². The van der Waals surface area contributed by atoms with Gasteiger partial charge in [0.2, 0.25) is 15.9 Å². The molecule has 4 rings (SSSR count). The number of carbonyl (C=O) groups is 1. The lowest BCUT2D eigenvalue weighted by atomic mass is 9.72. The lowest BCUT2D eigenvalue weighted by Crippen LogP contribution is -2.55. The Morgan fingerprint density at radius 1 is 0.967 bits per heavy atom. The molecule has 1 aromatic rings. The number of rotatable bonds is 3. The summed E-state index contributed by atoms with van der Waals surface area (Å²) in [4.78, 5) is 16.0. The molecule has 5 nitrogen and oxygen atoms in total. The number of hydrogen-bond acceptors (Lipinski definition) is 3. The van der Waals surface area contributed by atoms with E-state index in [0.717, 1.165) is 30.5 Å². The maximum Gasteiger partial charge on any atom is 0.243 e. The molecule has 0 spiro atoms. The highest BCUT2D eigenvalue weighted by molar-refractivity contribution is 7.89. The summed E-state index contributed by atoms with van der Waals surface area (Å²) < 4.78 is 27.9. The summed E-state index contributed by atoms with van der Waals surface area (Å²) in [5, 5.41) is 0. The summed E-state index contributed by atoms with van der Waals surface area (Å²) in [5.74, 6) is 1.61. The first-order valence-electron chi connectivity index (χ1n) is 11.7. The highest BCUT2D eigenvalue weighted by atomic mass is 32.2. The van der Waals surface area contributed by atoms with Gasteiger partial charge in [0, 0.05) is 31.6 Å². The van der Waals surface area contributed by atoms with Gasteiger partial charge in [-0.25, -0.2) is 8.42 Å². The molecule has 3 atom stereocenters. The van der Waals surface area contributed by atoms with Crippen LogP contribution in [0.2, 0.25) is 0 Å². The van der Waals surface area contributed by atoms with E-state index >= 15 is 0 Å². The van der Waals surface area contributed by atoms with Crippen molar-refractivity contribution in [2.24, 2.45) is 17.8 Å². The van der Waals surface area contributed by atoms with Crippen molar-refractivity contribution in [2.75, 3.05) is 19.6 Å². The van der Waals surface area contributed by atoms with Crippen molar-refractivity contribution < 1.29 is 13.2 Å². The van der Waals surface area contributed by atoms with Crippen LogP contribution in [-0.2, 0) is 14.8 Å². The molecule has 1 saturated carbocycles. The van der Waals surface area contributed by atoms with Gasteiger partial charge in [-0.3, -0.25) is 4.79 Å². The van der Waals surface area contributed by atoms with Crippen molar-refractivity contribution in [1.82, 2.24) is 9.21 Å². The lowest BCUT2D eigenvalue weighted by Gasteiger charge is -2.48. The average molecular weight is 433 g/mol. The van der Waals surface area contributed by atoms with Crippen molar-refractivity contribution in [2.45, 2.75) is 76.7 Å². The highest BCUT2D eigenvalue weighted by Gasteiger charge is 2.42. The molecule has 3 fully saturated rings. The molecule has 2 aliphatic heterocycles. The Bertz CT molecular complexity index is 890. The van der Waals surface area contributed by atoms with Crippen molar-refractivity contribution in [1.29, 1.82) is 0 Å². The Labute approximate surface area is 181 Å². The highest BCUT2D eigenvalue weighted by Crippen LogP contribution is 2.40. The second kappa shape index (κ2) is 8.62. The number of nitrogens with zero attached hydrogens (tertiary/aromatic N) is 2. The number of likely N-dealkylation sites (tertiary alicyclic amines) is 1.